The van der Waals surface area contributed by atoms with E-state index < -0.39 is 0 Å². The molecule has 3 nitrogen and oxygen atoms in total. The largest absolute Gasteiger partial charge is 0.463 e. The summed E-state index contributed by atoms with van der Waals surface area (Å²) >= 11 is 0. The van der Waals surface area contributed by atoms with Crippen LogP contribution >= 0.6 is 0 Å². The third kappa shape index (κ3) is 7.46. The summed E-state index contributed by atoms with van der Waals surface area (Å²) in [5.74, 6) is 0.206. The summed E-state index contributed by atoms with van der Waals surface area (Å²) in [6.07, 6.45) is 10.2. The highest BCUT2D eigenvalue weighted by molar-refractivity contribution is 5.78. The van der Waals surface area contributed by atoms with Gasteiger partial charge in [-0.25, -0.2) is 0 Å². The fourth-order valence-corrected chi connectivity index (χ4v) is 2.31. The van der Waals surface area contributed by atoms with Crippen LogP contribution in [0.2, 0.25) is 0 Å². The molecule has 1 heterocycles. The number of cyclic esters (lactones) is 1. The maximum atomic E-state index is 11.6. The van der Waals surface area contributed by atoms with Crippen molar-refractivity contribution in [2.75, 3.05) is 0 Å². The Morgan fingerprint density at radius 3 is 2.06 bits per heavy atom. The Balaban J connectivity index is 2.35. The van der Waals surface area contributed by atoms with Crippen LogP contribution in [-0.4, -0.2) is 17.9 Å². The van der Waals surface area contributed by atoms with Crippen molar-refractivity contribution in [3.05, 3.63) is 0 Å². The Labute approximate surface area is 110 Å². The normalized spacial score (nSPS) is 25.9. The van der Waals surface area contributed by atoms with Crippen LogP contribution in [0.4, 0.5) is 0 Å². The molecule has 0 aliphatic carbocycles. The lowest BCUT2D eigenvalue weighted by Crippen LogP contribution is -2.16. The third-order valence-corrected chi connectivity index (χ3v) is 3.50. The van der Waals surface area contributed by atoms with Crippen LogP contribution in [0.25, 0.3) is 0 Å². The van der Waals surface area contributed by atoms with E-state index in [9.17, 15) is 9.59 Å². The Morgan fingerprint density at radius 2 is 1.39 bits per heavy atom. The molecule has 0 radical (unpaired) electrons. The molecule has 0 bridgehead atoms. The van der Waals surface area contributed by atoms with Gasteiger partial charge in [-0.1, -0.05) is 32.1 Å². The number of carbonyl (C=O) groups is 2. The second-order valence-electron chi connectivity index (χ2n) is 5.35. The smallest absolute Gasteiger partial charge is 0.306 e. The molecule has 0 saturated carbocycles. The third-order valence-electron chi connectivity index (χ3n) is 3.50. The second-order valence-corrected chi connectivity index (χ2v) is 5.35. The van der Waals surface area contributed by atoms with Gasteiger partial charge in [0.15, 0.2) is 0 Å². The molecule has 0 aromatic rings. The molecule has 1 atom stereocenters. The van der Waals surface area contributed by atoms with E-state index in [4.69, 9.17) is 4.74 Å². The van der Waals surface area contributed by atoms with Gasteiger partial charge in [0.25, 0.3) is 0 Å². The zero-order valence-corrected chi connectivity index (χ0v) is 11.6. The molecule has 3 heteroatoms. The highest BCUT2D eigenvalue weighted by Gasteiger charge is 2.12. The Kier molecular flexibility index (Phi) is 7.70. The Bertz CT molecular complexity index is 260. The lowest BCUT2D eigenvalue weighted by Gasteiger charge is -2.12. The van der Waals surface area contributed by atoms with E-state index in [2.05, 4.69) is 0 Å². The lowest BCUT2D eigenvalue weighted by atomic mass is 10.0. The Hall–Kier alpha value is -0.860. The van der Waals surface area contributed by atoms with Gasteiger partial charge in [-0.05, 0) is 26.2 Å². The molecular weight excluding hydrogens is 228 g/mol. The molecule has 18 heavy (non-hydrogen) atoms. The number of rotatable bonds is 0. The highest BCUT2D eigenvalue weighted by atomic mass is 16.5. The van der Waals surface area contributed by atoms with Crippen molar-refractivity contribution in [2.24, 2.45) is 0 Å². The first-order chi connectivity index (χ1) is 8.68. The fraction of sp³-hybridized carbons (Fsp3) is 0.867. The molecule has 1 aliphatic heterocycles. The first-order valence-electron chi connectivity index (χ1n) is 7.39. The van der Waals surface area contributed by atoms with Crippen molar-refractivity contribution in [3.8, 4) is 0 Å². The van der Waals surface area contributed by atoms with E-state index in [1.54, 1.807) is 0 Å². The van der Waals surface area contributed by atoms with Gasteiger partial charge in [0.05, 0.1) is 6.10 Å². The van der Waals surface area contributed by atoms with E-state index in [0.717, 1.165) is 25.7 Å². The van der Waals surface area contributed by atoms with E-state index in [-0.39, 0.29) is 12.1 Å². The van der Waals surface area contributed by atoms with Crippen molar-refractivity contribution in [3.63, 3.8) is 0 Å². The average Bonchev–Trinajstić information content (AvgIpc) is 2.33. The molecule has 1 aliphatic rings. The van der Waals surface area contributed by atoms with E-state index in [1.165, 1.54) is 19.3 Å². The molecule has 1 saturated heterocycles. The summed E-state index contributed by atoms with van der Waals surface area (Å²) < 4.78 is 5.28. The molecule has 104 valence electrons. The van der Waals surface area contributed by atoms with Crippen LogP contribution in [-0.2, 0) is 14.3 Å². The predicted molar refractivity (Wildman–Crippen MR) is 71.3 cm³/mol. The number of esters is 1. The summed E-state index contributed by atoms with van der Waals surface area (Å²) in [4.78, 5) is 23.1. The van der Waals surface area contributed by atoms with Gasteiger partial charge in [-0.3, -0.25) is 9.59 Å². The van der Waals surface area contributed by atoms with Crippen molar-refractivity contribution < 1.29 is 14.3 Å². The minimum absolute atomic E-state index is 0.107. The van der Waals surface area contributed by atoms with Gasteiger partial charge in [0.2, 0.25) is 0 Å². The average molecular weight is 254 g/mol. The quantitative estimate of drug-likeness (QED) is 0.618. The molecule has 1 rings (SSSR count). The van der Waals surface area contributed by atoms with Crippen LogP contribution in [0, 0.1) is 0 Å². The van der Waals surface area contributed by atoms with Gasteiger partial charge >= 0.3 is 5.97 Å². The summed E-state index contributed by atoms with van der Waals surface area (Å²) in [5.41, 5.74) is 0. The first kappa shape index (κ1) is 15.2. The maximum absolute atomic E-state index is 11.6. The molecule has 1 fully saturated rings. The van der Waals surface area contributed by atoms with Crippen molar-refractivity contribution >= 4 is 11.8 Å². The van der Waals surface area contributed by atoms with Crippen LogP contribution < -0.4 is 0 Å². The zero-order valence-electron chi connectivity index (χ0n) is 11.6. The van der Waals surface area contributed by atoms with Gasteiger partial charge in [0.1, 0.15) is 5.78 Å². The minimum Gasteiger partial charge on any atom is -0.463 e. The van der Waals surface area contributed by atoms with Crippen molar-refractivity contribution in [2.45, 2.75) is 83.7 Å². The standard InChI is InChI=1S/C15H26O3/c1-13-11-12-14(16)9-7-5-3-2-4-6-8-10-15(17)18-13/h13H,2-12H2,1H3. The Morgan fingerprint density at radius 1 is 0.833 bits per heavy atom. The molecule has 0 aromatic carbocycles. The molecular formula is C15H26O3. The van der Waals surface area contributed by atoms with E-state index in [0.29, 0.717) is 31.5 Å². The topological polar surface area (TPSA) is 43.4 Å². The van der Waals surface area contributed by atoms with Gasteiger partial charge in [-0.2, -0.15) is 0 Å². The second kappa shape index (κ2) is 9.12. The SMILES string of the molecule is CC1CCC(=O)CCCCCCCCCC(=O)O1. The summed E-state index contributed by atoms with van der Waals surface area (Å²) in [6, 6.07) is 0. The highest BCUT2D eigenvalue weighted by Crippen LogP contribution is 2.13. The summed E-state index contributed by atoms with van der Waals surface area (Å²) in [5, 5.41) is 0. The van der Waals surface area contributed by atoms with Crippen molar-refractivity contribution in [1.29, 1.82) is 0 Å². The predicted octanol–water partition coefficient (Wildman–Crippen LogP) is 3.79. The number of carbonyl (C=O) groups excluding carboxylic acids is 2. The molecule has 0 amide bonds. The number of hydrogen-bond donors (Lipinski definition) is 0. The van der Waals surface area contributed by atoms with E-state index >= 15 is 0 Å². The van der Waals surface area contributed by atoms with Crippen molar-refractivity contribution in [1.82, 2.24) is 0 Å². The van der Waals surface area contributed by atoms with Gasteiger partial charge < -0.3 is 4.74 Å². The first-order valence-corrected chi connectivity index (χ1v) is 7.39. The van der Waals surface area contributed by atoms with Crippen LogP contribution in [0.3, 0.4) is 0 Å². The molecule has 0 aromatic heterocycles. The van der Waals surface area contributed by atoms with E-state index in [1.807, 2.05) is 6.92 Å². The van der Waals surface area contributed by atoms with Crippen LogP contribution in [0.5, 0.6) is 0 Å². The maximum Gasteiger partial charge on any atom is 0.306 e. The lowest BCUT2D eigenvalue weighted by molar-refractivity contribution is -0.149. The number of Topliss-reactive ketones (excluding diaryl/α,β-unsaturated/α-hetero) is 1. The number of hydrogen-bond acceptors (Lipinski definition) is 3. The minimum atomic E-state index is -0.119. The summed E-state index contributed by atoms with van der Waals surface area (Å²) in [7, 11) is 0. The molecule has 1 unspecified atom stereocenters. The molecule has 0 spiro atoms. The number of ketones is 1. The van der Waals surface area contributed by atoms with Crippen LogP contribution in [0.1, 0.15) is 77.6 Å². The van der Waals surface area contributed by atoms with Crippen LogP contribution in [0.15, 0.2) is 0 Å². The zero-order chi connectivity index (χ0) is 13.2. The monoisotopic (exact) mass is 254 g/mol. The summed E-state index contributed by atoms with van der Waals surface area (Å²) in [6.45, 7) is 1.88. The molecule has 0 N–H and O–H groups in total. The number of ether oxygens (including phenoxy) is 1. The fourth-order valence-electron chi connectivity index (χ4n) is 2.31. The van der Waals surface area contributed by atoms with Gasteiger partial charge in [0, 0.05) is 19.3 Å². The van der Waals surface area contributed by atoms with Gasteiger partial charge in [-0.15, -0.1) is 0 Å².